The van der Waals surface area contributed by atoms with Crippen LogP contribution in [0.1, 0.15) is 30.0 Å². The van der Waals surface area contributed by atoms with E-state index in [1.807, 2.05) is 6.92 Å². The van der Waals surface area contributed by atoms with Crippen LogP contribution in [0.25, 0.3) is 0 Å². The highest BCUT2D eigenvalue weighted by Crippen LogP contribution is 2.24. The zero-order valence-electron chi connectivity index (χ0n) is 11.5. The fraction of sp³-hybridized carbons (Fsp3) is 0.357. The van der Waals surface area contributed by atoms with Gasteiger partial charge in [-0.3, -0.25) is 4.68 Å². The molecular formula is C14H16ClFN2O2. The molecule has 20 heavy (non-hydrogen) atoms. The summed E-state index contributed by atoms with van der Waals surface area (Å²) in [6, 6.07) is 4.37. The predicted octanol–water partition coefficient (Wildman–Crippen LogP) is 3.15. The van der Waals surface area contributed by atoms with Gasteiger partial charge in [0.25, 0.3) is 0 Å². The molecule has 4 nitrogen and oxygen atoms in total. The van der Waals surface area contributed by atoms with Gasteiger partial charge in [-0.15, -0.1) is 0 Å². The lowest BCUT2D eigenvalue weighted by Crippen LogP contribution is -2.04. The number of hydrogen-bond donors (Lipinski definition) is 1. The van der Waals surface area contributed by atoms with Crippen LogP contribution in [0.2, 0.25) is 5.02 Å². The third-order valence-corrected chi connectivity index (χ3v) is 3.55. The molecule has 0 radical (unpaired) electrons. The van der Waals surface area contributed by atoms with Gasteiger partial charge in [0.1, 0.15) is 18.2 Å². The summed E-state index contributed by atoms with van der Waals surface area (Å²) in [6.07, 6.45) is -0.849. The average molecular weight is 299 g/mol. The minimum atomic E-state index is -0.849. The van der Waals surface area contributed by atoms with Gasteiger partial charge in [0.2, 0.25) is 0 Å². The quantitative estimate of drug-likeness (QED) is 0.943. The van der Waals surface area contributed by atoms with Crippen molar-refractivity contribution in [3.63, 3.8) is 0 Å². The Morgan fingerprint density at radius 3 is 2.70 bits per heavy atom. The molecule has 0 aliphatic carbocycles. The molecule has 6 heteroatoms. The monoisotopic (exact) mass is 298 g/mol. The van der Waals surface area contributed by atoms with Crippen LogP contribution in [0, 0.1) is 12.7 Å². The molecule has 0 unspecified atom stereocenters. The molecule has 108 valence electrons. The second-order valence-electron chi connectivity index (χ2n) is 4.62. The van der Waals surface area contributed by atoms with Gasteiger partial charge in [0.05, 0.1) is 22.5 Å². The van der Waals surface area contributed by atoms with E-state index in [0.717, 1.165) is 11.4 Å². The Kier molecular flexibility index (Phi) is 4.30. The molecule has 0 amide bonds. The molecule has 2 aromatic rings. The molecule has 0 aliphatic heterocycles. The van der Waals surface area contributed by atoms with E-state index in [1.54, 1.807) is 17.8 Å². The summed E-state index contributed by atoms with van der Waals surface area (Å²) in [7, 11) is 1.77. The van der Waals surface area contributed by atoms with Crippen molar-refractivity contribution >= 4 is 11.6 Å². The van der Waals surface area contributed by atoms with E-state index in [9.17, 15) is 9.50 Å². The summed E-state index contributed by atoms with van der Waals surface area (Å²) < 4.78 is 20.9. The summed E-state index contributed by atoms with van der Waals surface area (Å²) in [5.41, 5.74) is 1.69. The Morgan fingerprint density at radius 1 is 1.50 bits per heavy atom. The Hall–Kier alpha value is -1.59. The molecule has 0 saturated heterocycles. The number of aryl methyl sites for hydroxylation is 2. The molecule has 0 fully saturated rings. The van der Waals surface area contributed by atoms with Crippen LogP contribution in [-0.2, 0) is 13.7 Å². The summed E-state index contributed by atoms with van der Waals surface area (Å²) >= 11 is 6.11. The molecule has 1 aromatic carbocycles. The first-order valence-corrected chi connectivity index (χ1v) is 6.56. The molecule has 1 heterocycles. The van der Waals surface area contributed by atoms with Crippen LogP contribution in [0.4, 0.5) is 4.39 Å². The van der Waals surface area contributed by atoms with Gasteiger partial charge < -0.3 is 9.84 Å². The predicted molar refractivity (Wildman–Crippen MR) is 74.3 cm³/mol. The zero-order valence-corrected chi connectivity index (χ0v) is 12.3. The van der Waals surface area contributed by atoms with E-state index in [2.05, 4.69) is 5.10 Å². The average Bonchev–Trinajstić information content (AvgIpc) is 2.61. The highest BCUT2D eigenvalue weighted by molar-refractivity contribution is 6.31. The molecular weight excluding hydrogens is 283 g/mol. The van der Waals surface area contributed by atoms with Crippen molar-refractivity contribution in [2.75, 3.05) is 0 Å². The summed E-state index contributed by atoms with van der Waals surface area (Å²) in [6.45, 7) is 3.52. The Bertz CT molecular complexity index is 626. The van der Waals surface area contributed by atoms with Crippen LogP contribution in [0.5, 0.6) is 5.75 Å². The summed E-state index contributed by atoms with van der Waals surface area (Å²) in [5.74, 6) is -0.119. The second-order valence-corrected chi connectivity index (χ2v) is 5.00. The topological polar surface area (TPSA) is 47.3 Å². The maximum absolute atomic E-state index is 13.7. The lowest BCUT2D eigenvalue weighted by molar-refractivity contribution is 0.193. The number of halogens is 2. The zero-order chi connectivity index (χ0) is 14.9. The van der Waals surface area contributed by atoms with Crippen molar-refractivity contribution in [1.29, 1.82) is 0 Å². The molecule has 0 saturated carbocycles. The number of aromatic nitrogens is 2. The Labute approximate surface area is 121 Å². The third-order valence-electron chi connectivity index (χ3n) is 3.06. The van der Waals surface area contributed by atoms with Crippen LogP contribution in [0.3, 0.4) is 0 Å². The van der Waals surface area contributed by atoms with Gasteiger partial charge in [-0.1, -0.05) is 11.6 Å². The van der Waals surface area contributed by atoms with Crippen molar-refractivity contribution in [3.05, 3.63) is 46.0 Å². The molecule has 2 rings (SSSR count). The third kappa shape index (κ3) is 2.94. The number of ether oxygens (including phenoxy) is 1. The molecule has 0 aliphatic rings. The van der Waals surface area contributed by atoms with E-state index in [0.29, 0.717) is 10.8 Å². The largest absolute Gasteiger partial charge is 0.487 e. The van der Waals surface area contributed by atoms with Gasteiger partial charge in [0.15, 0.2) is 0 Å². The Balaban J connectivity index is 2.13. The van der Waals surface area contributed by atoms with Crippen molar-refractivity contribution < 1.29 is 14.2 Å². The van der Waals surface area contributed by atoms with E-state index >= 15 is 0 Å². The first-order chi connectivity index (χ1) is 9.40. The normalized spacial score (nSPS) is 12.5. The molecule has 0 bridgehead atoms. The van der Waals surface area contributed by atoms with Gasteiger partial charge in [0, 0.05) is 18.7 Å². The maximum Gasteiger partial charge on any atom is 0.132 e. The molecule has 1 N–H and O–H groups in total. The lowest BCUT2D eigenvalue weighted by atomic mass is 10.1. The van der Waals surface area contributed by atoms with Crippen molar-refractivity contribution in [1.82, 2.24) is 9.78 Å². The number of benzene rings is 1. The number of aliphatic hydroxyl groups is 1. The smallest absolute Gasteiger partial charge is 0.132 e. The van der Waals surface area contributed by atoms with Gasteiger partial charge in [-0.2, -0.15) is 5.10 Å². The Morgan fingerprint density at radius 2 is 2.20 bits per heavy atom. The maximum atomic E-state index is 13.7. The van der Waals surface area contributed by atoms with Gasteiger partial charge >= 0.3 is 0 Å². The number of rotatable bonds is 4. The standard InChI is InChI=1S/C14H16ClFN2O2/c1-8-14(15)13(18(3)17-8)7-20-10-4-5-11(9(2)19)12(16)6-10/h4-6,9,19H,7H2,1-3H3/t9-/m0/s1. The van der Waals surface area contributed by atoms with Crippen molar-refractivity contribution in [3.8, 4) is 5.75 Å². The fourth-order valence-electron chi connectivity index (χ4n) is 1.93. The van der Waals surface area contributed by atoms with Crippen LogP contribution in [0.15, 0.2) is 18.2 Å². The second kappa shape index (κ2) is 5.81. The van der Waals surface area contributed by atoms with Crippen molar-refractivity contribution in [2.45, 2.75) is 26.6 Å². The van der Waals surface area contributed by atoms with E-state index < -0.39 is 11.9 Å². The number of hydrogen-bond acceptors (Lipinski definition) is 3. The highest BCUT2D eigenvalue weighted by Gasteiger charge is 2.13. The first kappa shape index (κ1) is 14.8. The molecule has 0 spiro atoms. The SMILES string of the molecule is Cc1nn(C)c(COc2ccc([C@H](C)O)c(F)c2)c1Cl. The number of aliphatic hydroxyl groups excluding tert-OH is 1. The first-order valence-electron chi connectivity index (χ1n) is 6.18. The van der Waals surface area contributed by atoms with E-state index in [-0.39, 0.29) is 12.2 Å². The van der Waals surface area contributed by atoms with Crippen LogP contribution < -0.4 is 4.74 Å². The molecule has 1 atom stereocenters. The van der Waals surface area contributed by atoms with Gasteiger partial charge in [-0.25, -0.2) is 4.39 Å². The van der Waals surface area contributed by atoms with E-state index in [4.69, 9.17) is 16.3 Å². The van der Waals surface area contributed by atoms with Crippen molar-refractivity contribution in [2.24, 2.45) is 7.05 Å². The highest BCUT2D eigenvalue weighted by atomic mass is 35.5. The minimum absolute atomic E-state index is 0.198. The summed E-state index contributed by atoms with van der Waals surface area (Å²) in [4.78, 5) is 0. The van der Waals surface area contributed by atoms with Crippen LogP contribution >= 0.6 is 11.6 Å². The molecule has 1 aromatic heterocycles. The summed E-state index contributed by atoms with van der Waals surface area (Å²) in [5, 5.41) is 14.1. The lowest BCUT2D eigenvalue weighted by Gasteiger charge is -2.10. The van der Waals surface area contributed by atoms with Gasteiger partial charge in [-0.05, 0) is 26.0 Å². The minimum Gasteiger partial charge on any atom is -0.487 e. The van der Waals surface area contributed by atoms with E-state index in [1.165, 1.54) is 19.1 Å². The fourth-order valence-corrected chi connectivity index (χ4v) is 2.14. The number of nitrogens with zero attached hydrogens (tertiary/aromatic N) is 2. The van der Waals surface area contributed by atoms with Crippen LogP contribution in [-0.4, -0.2) is 14.9 Å².